The topological polar surface area (TPSA) is 18.5 Å². The average molecular weight is 390 g/mol. The molecule has 0 aliphatic rings. The van der Waals surface area contributed by atoms with Crippen LogP contribution in [0.25, 0.3) is 0 Å². The largest absolute Gasteiger partial charge is 0.490 e. The van der Waals surface area contributed by atoms with Gasteiger partial charge in [0.2, 0.25) is 0 Å². The zero-order chi connectivity index (χ0) is 15.4. The monoisotopic (exact) mass is 388 g/mol. The molecular formula is C16H18BrClO2S. The first-order valence-corrected chi connectivity index (χ1v) is 9.02. The van der Waals surface area contributed by atoms with Gasteiger partial charge in [-0.15, -0.1) is 11.3 Å². The van der Waals surface area contributed by atoms with Crippen molar-refractivity contribution in [3.05, 3.63) is 44.6 Å². The highest BCUT2D eigenvalue weighted by Gasteiger charge is 2.19. The van der Waals surface area contributed by atoms with Crippen LogP contribution in [-0.4, -0.2) is 13.2 Å². The van der Waals surface area contributed by atoms with Gasteiger partial charge in [-0.05, 0) is 49.4 Å². The van der Waals surface area contributed by atoms with Gasteiger partial charge < -0.3 is 9.47 Å². The Morgan fingerprint density at radius 1 is 1.19 bits per heavy atom. The van der Waals surface area contributed by atoms with Crippen LogP contribution in [0, 0.1) is 6.92 Å². The molecule has 1 heterocycles. The van der Waals surface area contributed by atoms with Gasteiger partial charge >= 0.3 is 0 Å². The summed E-state index contributed by atoms with van der Waals surface area (Å²) < 4.78 is 11.3. The van der Waals surface area contributed by atoms with E-state index < -0.39 is 0 Å². The number of alkyl halides is 1. The molecule has 0 aliphatic carbocycles. The number of halogens is 2. The van der Waals surface area contributed by atoms with Gasteiger partial charge in [-0.25, -0.2) is 0 Å². The second kappa shape index (κ2) is 7.52. The number of thiophene rings is 1. The Morgan fingerprint density at radius 2 is 1.86 bits per heavy atom. The number of ether oxygens (including phenoxy) is 2. The van der Waals surface area contributed by atoms with Crippen molar-refractivity contribution in [1.82, 2.24) is 0 Å². The maximum Gasteiger partial charge on any atom is 0.161 e. The van der Waals surface area contributed by atoms with E-state index in [9.17, 15) is 0 Å². The fourth-order valence-corrected chi connectivity index (χ4v) is 4.27. The van der Waals surface area contributed by atoms with E-state index in [4.69, 9.17) is 21.1 Å². The molecule has 0 N–H and O–H groups in total. The van der Waals surface area contributed by atoms with E-state index in [1.54, 1.807) is 11.3 Å². The van der Waals surface area contributed by atoms with Crippen molar-refractivity contribution in [1.29, 1.82) is 0 Å². The number of hydrogen-bond donors (Lipinski definition) is 0. The van der Waals surface area contributed by atoms with Gasteiger partial charge in [0.15, 0.2) is 11.5 Å². The maximum absolute atomic E-state index is 6.36. The normalized spacial score (nSPS) is 12.2. The standard InChI is InChI=1S/C16H18BrClO2S/c1-4-19-12-7-6-11(8-13(12)20-5-2)14(17)16-15(18)10(3)9-21-16/h6-9,14H,4-5H2,1-3H3. The van der Waals surface area contributed by atoms with Crippen molar-refractivity contribution < 1.29 is 9.47 Å². The second-order valence-electron chi connectivity index (χ2n) is 4.53. The van der Waals surface area contributed by atoms with Crippen molar-refractivity contribution in [3.8, 4) is 11.5 Å². The molecule has 1 aromatic heterocycles. The molecule has 5 heteroatoms. The Balaban J connectivity index is 2.35. The summed E-state index contributed by atoms with van der Waals surface area (Å²) in [6.45, 7) is 7.17. The summed E-state index contributed by atoms with van der Waals surface area (Å²) in [5.74, 6) is 1.54. The highest BCUT2D eigenvalue weighted by Crippen LogP contribution is 2.42. The molecule has 114 valence electrons. The predicted molar refractivity (Wildman–Crippen MR) is 93.6 cm³/mol. The molecule has 1 unspecified atom stereocenters. The molecule has 2 aromatic rings. The number of aryl methyl sites for hydroxylation is 1. The molecule has 2 nitrogen and oxygen atoms in total. The van der Waals surface area contributed by atoms with Gasteiger partial charge in [-0.2, -0.15) is 0 Å². The lowest BCUT2D eigenvalue weighted by Crippen LogP contribution is -2.00. The summed E-state index contributed by atoms with van der Waals surface area (Å²) in [5.41, 5.74) is 2.21. The quantitative estimate of drug-likeness (QED) is 0.565. The van der Waals surface area contributed by atoms with Crippen LogP contribution < -0.4 is 9.47 Å². The van der Waals surface area contributed by atoms with E-state index in [0.717, 1.165) is 32.5 Å². The minimum absolute atomic E-state index is 0.0542. The summed E-state index contributed by atoms with van der Waals surface area (Å²) in [5, 5.41) is 2.90. The van der Waals surface area contributed by atoms with Gasteiger partial charge in [0.05, 0.1) is 23.1 Å². The molecule has 1 aromatic carbocycles. The lowest BCUT2D eigenvalue weighted by atomic mass is 10.1. The first-order valence-electron chi connectivity index (χ1n) is 6.85. The SMILES string of the molecule is CCOc1ccc(C(Br)c2scc(C)c2Cl)cc1OCC. The molecule has 0 spiro atoms. The highest BCUT2D eigenvalue weighted by molar-refractivity contribution is 9.09. The van der Waals surface area contributed by atoms with Crippen LogP contribution in [-0.2, 0) is 0 Å². The van der Waals surface area contributed by atoms with Crippen molar-refractivity contribution in [2.75, 3.05) is 13.2 Å². The van der Waals surface area contributed by atoms with Crippen LogP contribution in [0.4, 0.5) is 0 Å². The van der Waals surface area contributed by atoms with E-state index >= 15 is 0 Å². The Labute approximate surface area is 143 Å². The second-order valence-corrected chi connectivity index (χ2v) is 6.74. The molecule has 0 amide bonds. The molecule has 0 aliphatic heterocycles. The summed E-state index contributed by atoms with van der Waals surface area (Å²) >= 11 is 11.8. The molecule has 0 radical (unpaired) electrons. The molecule has 1 atom stereocenters. The zero-order valence-electron chi connectivity index (χ0n) is 12.3. The van der Waals surface area contributed by atoms with Crippen molar-refractivity contribution in [2.24, 2.45) is 0 Å². The zero-order valence-corrected chi connectivity index (χ0v) is 15.4. The smallest absolute Gasteiger partial charge is 0.161 e. The van der Waals surface area contributed by atoms with Gasteiger partial charge in [0.1, 0.15) is 0 Å². The molecular weight excluding hydrogens is 372 g/mol. The van der Waals surface area contributed by atoms with E-state index in [-0.39, 0.29) is 4.83 Å². The van der Waals surface area contributed by atoms with Crippen molar-refractivity contribution in [2.45, 2.75) is 25.6 Å². The van der Waals surface area contributed by atoms with E-state index in [0.29, 0.717) is 13.2 Å². The Kier molecular flexibility index (Phi) is 5.97. The lowest BCUT2D eigenvalue weighted by Gasteiger charge is -2.15. The van der Waals surface area contributed by atoms with Crippen LogP contribution in [0.3, 0.4) is 0 Å². The third-order valence-corrected chi connectivity index (χ3v) is 6.08. The van der Waals surface area contributed by atoms with E-state index in [1.165, 1.54) is 0 Å². The fourth-order valence-electron chi connectivity index (χ4n) is 2.00. The number of rotatable bonds is 6. The summed E-state index contributed by atoms with van der Waals surface area (Å²) in [4.78, 5) is 1.17. The average Bonchev–Trinajstić information content (AvgIpc) is 2.81. The van der Waals surface area contributed by atoms with Crippen LogP contribution in [0.15, 0.2) is 23.6 Å². The van der Waals surface area contributed by atoms with E-state index in [1.807, 2.05) is 39.0 Å². The highest BCUT2D eigenvalue weighted by atomic mass is 79.9. The third-order valence-electron chi connectivity index (χ3n) is 3.02. The summed E-state index contributed by atoms with van der Waals surface area (Å²) in [6.07, 6.45) is 0. The molecule has 0 saturated carbocycles. The summed E-state index contributed by atoms with van der Waals surface area (Å²) in [6, 6.07) is 6.00. The Hall–Kier alpha value is -0.710. The van der Waals surface area contributed by atoms with Gasteiger partial charge in [-0.1, -0.05) is 33.6 Å². The molecule has 0 fully saturated rings. The fraction of sp³-hybridized carbons (Fsp3) is 0.375. The predicted octanol–water partition coefficient (Wildman–Crippen LogP) is 5.99. The van der Waals surface area contributed by atoms with Crippen LogP contribution in [0.1, 0.15) is 34.7 Å². The first kappa shape index (κ1) is 16.7. The molecule has 0 saturated heterocycles. The number of hydrogen-bond acceptors (Lipinski definition) is 3. The van der Waals surface area contributed by atoms with Crippen LogP contribution in [0.5, 0.6) is 11.5 Å². The maximum atomic E-state index is 6.36. The van der Waals surface area contributed by atoms with Crippen LogP contribution >= 0.6 is 38.9 Å². The molecule has 0 bridgehead atoms. The van der Waals surface area contributed by atoms with Crippen molar-refractivity contribution >= 4 is 38.9 Å². The molecule has 21 heavy (non-hydrogen) atoms. The van der Waals surface area contributed by atoms with Gasteiger partial charge in [-0.3, -0.25) is 0 Å². The number of benzene rings is 1. The van der Waals surface area contributed by atoms with Gasteiger partial charge in [0, 0.05) is 4.88 Å². The van der Waals surface area contributed by atoms with Crippen molar-refractivity contribution in [3.63, 3.8) is 0 Å². The van der Waals surface area contributed by atoms with E-state index in [2.05, 4.69) is 21.3 Å². The Morgan fingerprint density at radius 3 is 2.43 bits per heavy atom. The third kappa shape index (κ3) is 3.74. The minimum atomic E-state index is 0.0542. The lowest BCUT2D eigenvalue weighted by molar-refractivity contribution is 0.287. The first-order chi connectivity index (χ1) is 10.1. The summed E-state index contributed by atoms with van der Waals surface area (Å²) in [7, 11) is 0. The van der Waals surface area contributed by atoms with Crippen LogP contribution in [0.2, 0.25) is 5.02 Å². The minimum Gasteiger partial charge on any atom is -0.490 e. The Bertz CT molecular complexity index is 612. The molecule has 2 rings (SSSR count). The van der Waals surface area contributed by atoms with Gasteiger partial charge in [0.25, 0.3) is 0 Å².